The van der Waals surface area contributed by atoms with Crippen molar-refractivity contribution < 1.29 is 4.74 Å². The average Bonchev–Trinajstić information content (AvgIpc) is 2.77. The molecule has 2 aromatic rings. The van der Waals surface area contributed by atoms with Gasteiger partial charge in [-0.2, -0.15) is 5.10 Å². The normalized spacial score (nSPS) is 10.5. The second-order valence-electron chi connectivity index (χ2n) is 3.86. The first-order valence-corrected chi connectivity index (χ1v) is 6.12. The van der Waals surface area contributed by atoms with E-state index in [9.17, 15) is 0 Å². The number of ether oxygens (including phenoxy) is 1. The van der Waals surface area contributed by atoms with Crippen LogP contribution in [0.4, 0.5) is 0 Å². The van der Waals surface area contributed by atoms with Crippen molar-refractivity contribution in [2.75, 3.05) is 0 Å². The van der Waals surface area contributed by atoms with Gasteiger partial charge in [0.15, 0.2) is 5.75 Å². The fourth-order valence-electron chi connectivity index (χ4n) is 1.59. The van der Waals surface area contributed by atoms with E-state index >= 15 is 0 Å². The molecular weight excluding hydrogens is 236 g/mol. The van der Waals surface area contributed by atoms with E-state index in [2.05, 4.69) is 5.10 Å². The minimum Gasteiger partial charge on any atom is -0.454 e. The van der Waals surface area contributed by atoms with Crippen molar-refractivity contribution >= 4 is 11.6 Å². The van der Waals surface area contributed by atoms with E-state index in [4.69, 9.17) is 16.3 Å². The predicted octanol–water partition coefficient (Wildman–Crippen LogP) is 3.74. The van der Waals surface area contributed by atoms with Gasteiger partial charge < -0.3 is 4.74 Å². The Hall–Kier alpha value is -1.48. The Morgan fingerprint density at radius 2 is 2.18 bits per heavy atom. The van der Waals surface area contributed by atoms with E-state index in [1.165, 1.54) is 0 Å². The third-order valence-corrected chi connectivity index (χ3v) is 2.92. The minimum absolute atomic E-state index is 0.528. The average molecular weight is 251 g/mol. The Morgan fingerprint density at radius 3 is 2.76 bits per heavy atom. The molecule has 0 unspecified atom stereocenters. The minimum atomic E-state index is 0.528. The van der Waals surface area contributed by atoms with Crippen molar-refractivity contribution in [3.63, 3.8) is 0 Å². The topological polar surface area (TPSA) is 27.1 Å². The zero-order chi connectivity index (χ0) is 12.3. The van der Waals surface area contributed by atoms with Crippen LogP contribution in [0.15, 0.2) is 30.6 Å². The van der Waals surface area contributed by atoms with Crippen LogP contribution in [0.2, 0.25) is 0 Å². The van der Waals surface area contributed by atoms with Gasteiger partial charge in [-0.15, -0.1) is 11.6 Å². The van der Waals surface area contributed by atoms with Gasteiger partial charge in [-0.05, 0) is 37.1 Å². The van der Waals surface area contributed by atoms with Crippen molar-refractivity contribution in [3.8, 4) is 11.5 Å². The quantitative estimate of drug-likeness (QED) is 0.773. The van der Waals surface area contributed by atoms with Gasteiger partial charge in [-0.3, -0.25) is 4.68 Å². The fraction of sp³-hybridized carbons (Fsp3) is 0.308. The highest BCUT2D eigenvalue weighted by Crippen LogP contribution is 2.24. The number of hydrogen-bond donors (Lipinski definition) is 0. The fourth-order valence-corrected chi connectivity index (χ4v) is 1.89. The summed E-state index contributed by atoms with van der Waals surface area (Å²) in [4.78, 5) is 0. The van der Waals surface area contributed by atoms with Crippen LogP contribution in [0.25, 0.3) is 0 Å². The molecule has 0 saturated heterocycles. The van der Waals surface area contributed by atoms with E-state index in [0.29, 0.717) is 5.88 Å². The van der Waals surface area contributed by atoms with E-state index in [-0.39, 0.29) is 0 Å². The summed E-state index contributed by atoms with van der Waals surface area (Å²) >= 11 is 5.81. The van der Waals surface area contributed by atoms with Crippen LogP contribution in [0.3, 0.4) is 0 Å². The monoisotopic (exact) mass is 250 g/mol. The molecule has 0 fully saturated rings. The van der Waals surface area contributed by atoms with Gasteiger partial charge in [-0.1, -0.05) is 6.07 Å². The standard InChI is InChI=1S/C13H15ClN2O/c1-3-16-9-13(8-15-16)17-12-5-4-11(7-14)10(2)6-12/h4-6,8-9H,3,7H2,1-2H3. The summed E-state index contributed by atoms with van der Waals surface area (Å²) in [6.45, 7) is 4.91. The van der Waals surface area contributed by atoms with E-state index in [0.717, 1.165) is 29.2 Å². The molecule has 0 saturated carbocycles. The lowest BCUT2D eigenvalue weighted by atomic mass is 10.1. The zero-order valence-electron chi connectivity index (χ0n) is 9.98. The molecule has 1 aromatic heterocycles. The largest absolute Gasteiger partial charge is 0.454 e. The Balaban J connectivity index is 2.15. The first kappa shape index (κ1) is 12.0. The molecular formula is C13H15ClN2O. The molecule has 1 aromatic carbocycles. The number of alkyl halides is 1. The van der Waals surface area contributed by atoms with Crippen LogP contribution in [-0.2, 0) is 12.4 Å². The summed E-state index contributed by atoms with van der Waals surface area (Å²) in [6.07, 6.45) is 3.60. The summed E-state index contributed by atoms with van der Waals surface area (Å²) in [7, 11) is 0. The molecule has 90 valence electrons. The number of aromatic nitrogens is 2. The van der Waals surface area contributed by atoms with E-state index < -0.39 is 0 Å². The number of hydrogen-bond acceptors (Lipinski definition) is 2. The number of benzene rings is 1. The SMILES string of the molecule is CCn1cc(Oc2ccc(CCl)c(C)c2)cn1. The Bertz CT molecular complexity index is 508. The number of halogens is 1. The van der Waals surface area contributed by atoms with Crippen LogP contribution in [0.1, 0.15) is 18.1 Å². The molecule has 0 atom stereocenters. The van der Waals surface area contributed by atoms with Gasteiger partial charge in [0.2, 0.25) is 0 Å². The van der Waals surface area contributed by atoms with Crippen molar-refractivity contribution in [2.24, 2.45) is 0 Å². The van der Waals surface area contributed by atoms with Crippen LogP contribution in [-0.4, -0.2) is 9.78 Å². The second kappa shape index (κ2) is 5.23. The molecule has 0 aliphatic rings. The molecule has 0 bridgehead atoms. The maximum Gasteiger partial charge on any atom is 0.165 e. The van der Waals surface area contributed by atoms with Crippen LogP contribution in [0, 0.1) is 6.92 Å². The lowest BCUT2D eigenvalue weighted by molar-refractivity contribution is 0.480. The summed E-state index contributed by atoms with van der Waals surface area (Å²) < 4.78 is 7.54. The van der Waals surface area contributed by atoms with Crippen LogP contribution < -0.4 is 4.74 Å². The first-order chi connectivity index (χ1) is 8.22. The molecule has 1 heterocycles. The first-order valence-electron chi connectivity index (χ1n) is 5.58. The van der Waals surface area contributed by atoms with Gasteiger partial charge in [0, 0.05) is 12.4 Å². The van der Waals surface area contributed by atoms with Crippen LogP contribution >= 0.6 is 11.6 Å². The van der Waals surface area contributed by atoms with Crippen LogP contribution in [0.5, 0.6) is 11.5 Å². The van der Waals surface area contributed by atoms with Gasteiger partial charge in [0.05, 0.1) is 12.4 Å². The lowest BCUT2D eigenvalue weighted by Crippen LogP contribution is -1.92. The molecule has 0 aliphatic heterocycles. The van der Waals surface area contributed by atoms with Crippen molar-refractivity contribution in [2.45, 2.75) is 26.3 Å². The highest BCUT2D eigenvalue weighted by Gasteiger charge is 2.03. The van der Waals surface area contributed by atoms with Gasteiger partial charge in [-0.25, -0.2) is 0 Å². The molecule has 0 spiro atoms. The van der Waals surface area contributed by atoms with Crippen molar-refractivity contribution in [3.05, 3.63) is 41.7 Å². The Kier molecular flexibility index (Phi) is 3.69. The Morgan fingerprint density at radius 1 is 1.35 bits per heavy atom. The number of rotatable bonds is 4. The van der Waals surface area contributed by atoms with Crippen molar-refractivity contribution in [1.29, 1.82) is 0 Å². The zero-order valence-corrected chi connectivity index (χ0v) is 10.7. The summed E-state index contributed by atoms with van der Waals surface area (Å²) in [5.74, 6) is 2.09. The third kappa shape index (κ3) is 2.80. The molecule has 0 amide bonds. The van der Waals surface area contributed by atoms with Gasteiger partial charge in [0.25, 0.3) is 0 Å². The molecule has 3 nitrogen and oxygen atoms in total. The number of aryl methyl sites for hydroxylation is 2. The van der Waals surface area contributed by atoms with E-state index in [1.54, 1.807) is 6.20 Å². The predicted molar refractivity (Wildman–Crippen MR) is 68.7 cm³/mol. The maximum atomic E-state index is 5.81. The highest BCUT2D eigenvalue weighted by atomic mass is 35.5. The van der Waals surface area contributed by atoms with Crippen molar-refractivity contribution in [1.82, 2.24) is 9.78 Å². The Labute approximate surface area is 106 Å². The van der Waals surface area contributed by atoms with Gasteiger partial charge in [0.1, 0.15) is 5.75 Å². The summed E-state index contributed by atoms with van der Waals surface area (Å²) in [5.41, 5.74) is 2.27. The molecule has 4 heteroatoms. The molecule has 0 aliphatic carbocycles. The molecule has 2 rings (SSSR count). The summed E-state index contributed by atoms with van der Waals surface area (Å²) in [6, 6.07) is 5.90. The lowest BCUT2D eigenvalue weighted by Gasteiger charge is -2.06. The van der Waals surface area contributed by atoms with E-state index in [1.807, 2.05) is 42.9 Å². The summed E-state index contributed by atoms with van der Waals surface area (Å²) in [5, 5.41) is 4.16. The molecule has 17 heavy (non-hydrogen) atoms. The third-order valence-electron chi connectivity index (χ3n) is 2.63. The van der Waals surface area contributed by atoms with Gasteiger partial charge >= 0.3 is 0 Å². The molecule has 0 N–H and O–H groups in total. The maximum absolute atomic E-state index is 5.81. The molecule has 0 radical (unpaired) electrons. The smallest absolute Gasteiger partial charge is 0.165 e. The highest BCUT2D eigenvalue weighted by molar-refractivity contribution is 6.17. The number of nitrogens with zero attached hydrogens (tertiary/aromatic N) is 2. The second-order valence-corrected chi connectivity index (χ2v) is 4.12.